The van der Waals surface area contributed by atoms with Gasteiger partial charge in [-0.3, -0.25) is 5.41 Å². The normalized spacial score (nSPS) is 31.0. The number of rotatable bonds is 6. The van der Waals surface area contributed by atoms with E-state index >= 15 is 0 Å². The molecule has 0 aromatic rings. The van der Waals surface area contributed by atoms with Crippen molar-refractivity contribution in [3.8, 4) is 0 Å². The van der Waals surface area contributed by atoms with Gasteiger partial charge in [-0.05, 0) is 0 Å². The summed E-state index contributed by atoms with van der Waals surface area (Å²) in [5.74, 6) is 5.12. The average molecular weight is 284 g/mol. The van der Waals surface area contributed by atoms with Crippen molar-refractivity contribution in [3.63, 3.8) is 0 Å². The third-order valence-corrected chi connectivity index (χ3v) is 8.42. The monoisotopic (exact) mass is 283 g/mol. The van der Waals surface area contributed by atoms with Gasteiger partial charge in [0.1, 0.15) is 4.38 Å². The molecule has 1 nitrogen and oxygen atoms in total. The first-order valence-corrected chi connectivity index (χ1v) is 9.72. The molecule has 14 heavy (non-hydrogen) atoms. The third-order valence-electron chi connectivity index (χ3n) is 1.85. The summed E-state index contributed by atoms with van der Waals surface area (Å²) < 4.78 is 0.817. The van der Waals surface area contributed by atoms with Crippen LogP contribution in [0, 0.1) is 5.41 Å². The maximum Gasteiger partial charge on any atom is 0.122 e. The van der Waals surface area contributed by atoms with Gasteiger partial charge < -0.3 is 0 Å². The Morgan fingerprint density at radius 3 is 2.50 bits per heavy atom. The van der Waals surface area contributed by atoms with E-state index in [9.17, 15) is 0 Å². The molecule has 2 saturated heterocycles. The lowest BCUT2D eigenvalue weighted by Crippen LogP contribution is -2.04. The number of hydrogen-bond acceptors (Lipinski definition) is 6. The molecule has 0 amide bonds. The highest BCUT2D eigenvalue weighted by Gasteiger charge is 2.22. The predicted molar refractivity (Wildman–Crippen MR) is 77.6 cm³/mol. The zero-order valence-corrected chi connectivity index (χ0v) is 11.8. The molecular formula is C8H13NS5. The molecule has 2 atom stereocenters. The van der Waals surface area contributed by atoms with Crippen LogP contribution >= 0.6 is 58.8 Å². The molecule has 6 heteroatoms. The van der Waals surface area contributed by atoms with Crippen molar-refractivity contribution >= 4 is 63.2 Å². The summed E-state index contributed by atoms with van der Waals surface area (Å²) in [6, 6.07) is 0. The molecule has 2 rings (SSSR count). The first kappa shape index (κ1) is 11.9. The topological polar surface area (TPSA) is 23.9 Å². The third kappa shape index (κ3) is 4.51. The zero-order chi connectivity index (χ0) is 9.80. The first-order valence-electron chi connectivity index (χ1n) is 4.49. The van der Waals surface area contributed by atoms with Crippen LogP contribution in [0.4, 0.5) is 0 Å². The van der Waals surface area contributed by atoms with E-state index in [2.05, 4.69) is 23.5 Å². The van der Waals surface area contributed by atoms with E-state index in [1.165, 1.54) is 22.3 Å². The smallest absolute Gasteiger partial charge is 0.122 e. The van der Waals surface area contributed by atoms with Crippen LogP contribution in [0.2, 0.25) is 0 Å². The number of hydrogen-bond donors (Lipinski definition) is 1. The Morgan fingerprint density at radius 1 is 1.21 bits per heavy atom. The summed E-state index contributed by atoms with van der Waals surface area (Å²) in [4.78, 5) is 0. The lowest BCUT2D eigenvalue weighted by Gasteiger charge is -2.05. The Bertz CT molecular complexity index is 206. The van der Waals surface area contributed by atoms with Crippen LogP contribution in [0.3, 0.4) is 0 Å². The maximum atomic E-state index is 7.47. The Hall–Kier alpha value is 1.42. The fourth-order valence-electron chi connectivity index (χ4n) is 1.05. The second-order valence-electron chi connectivity index (χ2n) is 3.15. The van der Waals surface area contributed by atoms with Crippen LogP contribution in [-0.2, 0) is 0 Å². The summed E-state index contributed by atoms with van der Waals surface area (Å²) in [6.07, 6.45) is 0. The molecule has 2 aliphatic heterocycles. The quantitative estimate of drug-likeness (QED) is 0.458. The second-order valence-corrected chi connectivity index (χ2v) is 9.51. The fraction of sp³-hybridized carbons (Fsp3) is 0.875. The van der Waals surface area contributed by atoms with Crippen LogP contribution in [0.1, 0.15) is 0 Å². The largest absolute Gasteiger partial charge is 0.288 e. The van der Waals surface area contributed by atoms with Gasteiger partial charge in [-0.15, -0.1) is 23.5 Å². The van der Waals surface area contributed by atoms with Gasteiger partial charge in [0, 0.05) is 38.6 Å². The fourth-order valence-corrected chi connectivity index (χ4v) is 6.96. The van der Waals surface area contributed by atoms with E-state index in [0.717, 1.165) is 15.4 Å². The van der Waals surface area contributed by atoms with Crippen molar-refractivity contribution in [2.75, 3.05) is 28.1 Å². The van der Waals surface area contributed by atoms with Crippen molar-refractivity contribution in [2.24, 2.45) is 0 Å². The van der Waals surface area contributed by atoms with Crippen molar-refractivity contribution in [2.45, 2.75) is 10.5 Å². The van der Waals surface area contributed by atoms with Crippen LogP contribution in [-0.4, -0.2) is 43.0 Å². The molecule has 0 spiro atoms. The highest BCUT2D eigenvalue weighted by atomic mass is 32.2. The van der Waals surface area contributed by atoms with E-state index in [1.54, 1.807) is 23.5 Å². The SMILES string of the molecule is N=C1SCC(CSCSCC2CS2)S1. The van der Waals surface area contributed by atoms with Crippen LogP contribution in [0.5, 0.6) is 0 Å². The molecule has 0 radical (unpaired) electrons. The summed E-state index contributed by atoms with van der Waals surface area (Å²) in [5.41, 5.74) is 0. The van der Waals surface area contributed by atoms with Crippen LogP contribution < -0.4 is 0 Å². The molecule has 2 fully saturated rings. The minimum absolute atomic E-state index is 0.702. The van der Waals surface area contributed by atoms with E-state index in [1.807, 2.05) is 11.8 Å². The van der Waals surface area contributed by atoms with Gasteiger partial charge >= 0.3 is 0 Å². The van der Waals surface area contributed by atoms with E-state index in [4.69, 9.17) is 5.41 Å². The molecule has 0 aromatic heterocycles. The van der Waals surface area contributed by atoms with Crippen molar-refractivity contribution in [1.82, 2.24) is 0 Å². The lowest BCUT2D eigenvalue weighted by atomic mass is 10.6. The molecule has 1 N–H and O–H groups in total. The van der Waals surface area contributed by atoms with Gasteiger partial charge in [0.2, 0.25) is 0 Å². The van der Waals surface area contributed by atoms with Gasteiger partial charge in [0.15, 0.2) is 0 Å². The molecular weight excluding hydrogens is 270 g/mol. The lowest BCUT2D eigenvalue weighted by molar-refractivity contribution is 1.17. The van der Waals surface area contributed by atoms with Crippen LogP contribution in [0.15, 0.2) is 0 Å². The summed E-state index contributed by atoms with van der Waals surface area (Å²) in [5, 5.41) is 10.4. The highest BCUT2D eigenvalue weighted by Crippen LogP contribution is 2.36. The first-order chi connectivity index (χ1) is 6.84. The average Bonchev–Trinajstić information content (AvgIpc) is 2.89. The highest BCUT2D eigenvalue weighted by molar-refractivity contribution is 8.41. The Labute approximate surface area is 107 Å². The van der Waals surface area contributed by atoms with E-state index < -0.39 is 0 Å². The van der Waals surface area contributed by atoms with Gasteiger partial charge in [-0.25, -0.2) is 0 Å². The van der Waals surface area contributed by atoms with E-state index in [-0.39, 0.29) is 0 Å². The minimum Gasteiger partial charge on any atom is -0.288 e. The Kier molecular flexibility index (Phi) is 5.29. The van der Waals surface area contributed by atoms with Gasteiger partial charge in [-0.1, -0.05) is 23.5 Å². The number of nitrogens with one attached hydrogen (secondary N) is 1. The maximum absolute atomic E-state index is 7.47. The van der Waals surface area contributed by atoms with Crippen molar-refractivity contribution in [3.05, 3.63) is 0 Å². The molecule has 2 heterocycles. The van der Waals surface area contributed by atoms with Crippen LogP contribution in [0.25, 0.3) is 0 Å². The van der Waals surface area contributed by atoms with E-state index in [0.29, 0.717) is 5.25 Å². The number of thioether (sulfide) groups is 5. The standard InChI is InChI=1S/C8H13NS5/c9-8-13-4-7(14-8)2-11-5-10-1-6-3-12-6/h6-7,9H,1-5H2. The summed E-state index contributed by atoms with van der Waals surface area (Å²) in [6.45, 7) is 0. The molecule has 0 aromatic carbocycles. The summed E-state index contributed by atoms with van der Waals surface area (Å²) in [7, 11) is 0. The second kappa shape index (κ2) is 6.23. The van der Waals surface area contributed by atoms with Gasteiger partial charge in [0.25, 0.3) is 0 Å². The molecule has 2 unspecified atom stereocenters. The predicted octanol–water partition coefficient (Wildman–Crippen LogP) is 3.31. The Balaban J connectivity index is 1.44. The minimum atomic E-state index is 0.702. The van der Waals surface area contributed by atoms with Gasteiger partial charge in [0.05, 0.1) is 0 Å². The van der Waals surface area contributed by atoms with Gasteiger partial charge in [-0.2, -0.15) is 11.8 Å². The summed E-state index contributed by atoms with van der Waals surface area (Å²) >= 11 is 9.67. The molecule has 0 saturated carbocycles. The molecule has 0 bridgehead atoms. The molecule has 2 aliphatic rings. The molecule has 0 aliphatic carbocycles. The zero-order valence-electron chi connectivity index (χ0n) is 7.73. The van der Waals surface area contributed by atoms with Crippen molar-refractivity contribution in [1.29, 1.82) is 5.41 Å². The Morgan fingerprint density at radius 2 is 1.93 bits per heavy atom. The molecule has 80 valence electrons. The van der Waals surface area contributed by atoms with Crippen molar-refractivity contribution < 1.29 is 0 Å².